The zero-order valence-corrected chi connectivity index (χ0v) is 12.8. The van der Waals surface area contributed by atoms with E-state index in [0.29, 0.717) is 4.47 Å². The van der Waals surface area contributed by atoms with Crippen LogP contribution in [-0.2, 0) is 9.05 Å². The molecule has 94 valence electrons. The van der Waals surface area contributed by atoms with Gasteiger partial charge >= 0.3 is 0 Å². The maximum Gasteiger partial charge on any atom is 0.265 e. The molecule has 0 unspecified atom stereocenters. The SMILES string of the molecule is C=C(C)COc1c(Cl)cc(Br)cc1S(=O)(=O)Cl. The topological polar surface area (TPSA) is 43.4 Å². The molecule has 7 heteroatoms. The molecule has 3 nitrogen and oxygen atoms in total. The predicted molar refractivity (Wildman–Crippen MR) is 72.5 cm³/mol. The summed E-state index contributed by atoms with van der Waals surface area (Å²) in [7, 11) is 1.39. The van der Waals surface area contributed by atoms with E-state index in [1.165, 1.54) is 12.1 Å². The first kappa shape index (κ1) is 14.8. The van der Waals surface area contributed by atoms with Gasteiger partial charge in [-0.2, -0.15) is 0 Å². The van der Waals surface area contributed by atoms with Crippen LogP contribution in [0.2, 0.25) is 5.02 Å². The maximum atomic E-state index is 11.4. The van der Waals surface area contributed by atoms with E-state index in [1.807, 2.05) is 0 Å². The Kier molecular flexibility index (Phi) is 4.89. The third-order valence-electron chi connectivity index (χ3n) is 1.70. The Balaban J connectivity index is 3.31. The first-order valence-electron chi connectivity index (χ1n) is 4.42. The number of ether oxygens (including phenoxy) is 1. The minimum Gasteiger partial charge on any atom is -0.486 e. The highest BCUT2D eigenvalue weighted by molar-refractivity contribution is 9.10. The average Bonchev–Trinajstić information content (AvgIpc) is 2.13. The molecule has 0 spiro atoms. The zero-order valence-electron chi connectivity index (χ0n) is 8.84. The Hall–Kier alpha value is -0.230. The molecule has 0 aliphatic carbocycles. The largest absolute Gasteiger partial charge is 0.486 e. The Labute approximate surface area is 118 Å². The van der Waals surface area contributed by atoms with Gasteiger partial charge in [-0.15, -0.1) is 0 Å². The van der Waals surface area contributed by atoms with Gasteiger partial charge in [0.15, 0.2) is 5.75 Å². The summed E-state index contributed by atoms with van der Waals surface area (Å²) in [5, 5.41) is 0.167. The molecule has 0 aromatic heterocycles. The molecule has 1 aromatic rings. The fourth-order valence-corrected chi connectivity index (χ4v) is 3.13. The Morgan fingerprint density at radius 3 is 2.59 bits per heavy atom. The first-order valence-corrected chi connectivity index (χ1v) is 7.90. The lowest BCUT2D eigenvalue weighted by molar-refractivity contribution is 0.343. The van der Waals surface area contributed by atoms with Crippen LogP contribution < -0.4 is 4.74 Å². The number of hydrogen-bond donors (Lipinski definition) is 0. The van der Waals surface area contributed by atoms with Crippen LogP contribution in [0, 0.1) is 0 Å². The van der Waals surface area contributed by atoms with Crippen molar-refractivity contribution in [2.24, 2.45) is 0 Å². The van der Waals surface area contributed by atoms with Gasteiger partial charge in [0.25, 0.3) is 9.05 Å². The van der Waals surface area contributed by atoms with Crippen LogP contribution in [0.5, 0.6) is 5.75 Å². The highest BCUT2D eigenvalue weighted by atomic mass is 79.9. The molecule has 17 heavy (non-hydrogen) atoms. The lowest BCUT2D eigenvalue weighted by atomic mass is 10.3. The van der Waals surface area contributed by atoms with Crippen molar-refractivity contribution in [1.82, 2.24) is 0 Å². The van der Waals surface area contributed by atoms with Crippen molar-refractivity contribution in [3.8, 4) is 5.75 Å². The van der Waals surface area contributed by atoms with Gasteiger partial charge in [-0.25, -0.2) is 8.42 Å². The van der Waals surface area contributed by atoms with Crippen LogP contribution >= 0.6 is 38.2 Å². The zero-order chi connectivity index (χ0) is 13.2. The van der Waals surface area contributed by atoms with Crippen molar-refractivity contribution in [3.05, 3.63) is 33.8 Å². The molecule has 0 bridgehead atoms. The smallest absolute Gasteiger partial charge is 0.265 e. The van der Waals surface area contributed by atoms with Crippen LogP contribution in [0.3, 0.4) is 0 Å². The van der Waals surface area contributed by atoms with Crippen molar-refractivity contribution >= 4 is 47.3 Å². The summed E-state index contributed by atoms with van der Waals surface area (Å²) < 4.78 is 28.6. The monoisotopic (exact) mass is 358 g/mol. The summed E-state index contributed by atoms with van der Waals surface area (Å²) in [6.45, 7) is 5.57. The third-order valence-corrected chi connectivity index (χ3v) is 3.77. The minimum absolute atomic E-state index is 0.0351. The second kappa shape index (κ2) is 5.61. The Morgan fingerprint density at radius 1 is 1.53 bits per heavy atom. The predicted octanol–water partition coefficient (Wildman–Crippen LogP) is 3.98. The normalized spacial score (nSPS) is 11.3. The molecule has 0 aliphatic heterocycles. The van der Waals surface area contributed by atoms with Gasteiger partial charge in [-0.05, 0) is 24.6 Å². The summed E-state index contributed by atoms with van der Waals surface area (Å²) in [6, 6.07) is 2.86. The summed E-state index contributed by atoms with van der Waals surface area (Å²) in [4.78, 5) is -0.167. The number of benzene rings is 1. The molecule has 0 radical (unpaired) electrons. The maximum absolute atomic E-state index is 11.4. The van der Waals surface area contributed by atoms with E-state index in [-0.39, 0.29) is 22.3 Å². The Morgan fingerprint density at radius 2 is 2.12 bits per heavy atom. The van der Waals surface area contributed by atoms with Gasteiger partial charge < -0.3 is 4.74 Å². The fourth-order valence-electron chi connectivity index (χ4n) is 1.05. The summed E-state index contributed by atoms with van der Waals surface area (Å²) in [5.74, 6) is 0.0351. The standard InChI is InChI=1S/C10H9BrCl2O3S/c1-6(2)5-16-10-8(12)3-7(11)4-9(10)17(13,14)15/h3-4H,1,5H2,2H3. The van der Waals surface area contributed by atoms with Gasteiger partial charge in [0.1, 0.15) is 11.5 Å². The second-order valence-electron chi connectivity index (χ2n) is 3.40. The van der Waals surface area contributed by atoms with Gasteiger partial charge in [0, 0.05) is 15.2 Å². The Bertz CT molecular complexity index is 555. The molecule has 0 N–H and O–H groups in total. The molecule has 0 amide bonds. The van der Waals surface area contributed by atoms with E-state index >= 15 is 0 Å². The quantitative estimate of drug-likeness (QED) is 0.603. The fraction of sp³-hybridized carbons (Fsp3) is 0.200. The van der Waals surface area contributed by atoms with Gasteiger partial charge in [0.05, 0.1) is 5.02 Å². The highest BCUT2D eigenvalue weighted by Gasteiger charge is 2.20. The van der Waals surface area contributed by atoms with Gasteiger partial charge in [-0.3, -0.25) is 0 Å². The number of hydrogen-bond acceptors (Lipinski definition) is 3. The highest BCUT2D eigenvalue weighted by Crippen LogP contribution is 2.37. The molecule has 0 saturated carbocycles. The summed E-state index contributed by atoms with van der Waals surface area (Å²) >= 11 is 9.06. The molecule has 0 heterocycles. The lowest BCUT2D eigenvalue weighted by Gasteiger charge is -2.11. The van der Waals surface area contributed by atoms with Crippen LogP contribution in [0.4, 0.5) is 0 Å². The van der Waals surface area contributed by atoms with E-state index in [2.05, 4.69) is 22.5 Å². The van der Waals surface area contributed by atoms with E-state index in [0.717, 1.165) is 5.57 Å². The van der Waals surface area contributed by atoms with Crippen molar-refractivity contribution in [3.63, 3.8) is 0 Å². The van der Waals surface area contributed by atoms with E-state index in [1.54, 1.807) is 6.92 Å². The minimum atomic E-state index is -3.92. The van der Waals surface area contributed by atoms with E-state index in [9.17, 15) is 8.42 Å². The van der Waals surface area contributed by atoms with Gasteiger partial charge in [-0.1, -0.05) is 34.1 Å². The molecule has 1 aromatic carbocycles. The van der Waals surface area contributed by atoms with Crippen molar-refractivity contribution in [2.75, 3.05) is 6.61 Å². The summed E-state index contributed by atoms with van der Waals surface area (Å²) in [5.41, 5.74) is 0.738. The van der Waals surface area contributed by atoms with Crippen LogP contribution in [-0.4, -0.2) is 15.0 Å². The second-order valence-corrected chi connectivity index (χ2v) is 7.26. The van der Waals surface area contributed by atoms with Crippen LogP contribution in [0.15, 0.2) is 33.7 Å². The molecule has 0 aliphatic rings. The van der Waals surface area contributed by atoms with Crippen LogP contribution in [0.1, 0.15) is 6.92 Å². The molecule has 0 saturated heterocycles. The molecular formula is C10H9BrCl2O3S. The van der Waals surface area contributed by atoms with Crippen molar-refractivity contribution < 1.29 is 13.2 Å². The first-order chi connectivity index (χ1) is 7.71. The molecular weight excluding hydrogens is 351 g/mol. The van der Waals surface area contributed by atoms with Crippen molar-refractivity contribution in [2.45, 2.75) is 11.8 Å². The summed E-state index contributed by atoms with van der Waals surface area (Å²) in [6.07, 6.45) is 0. The molecule has 0 atom stereocenters. The number of rotatable bonds is 4. The molecule has 0 fully saturated rings. The third kappa shape index (κ3) is 4.17. The van der Waals surface area contributed by atoms with Crippen molar-refractivity contribution in [1.29, 1.82) is 0 Å². The van der Waals surface area contributed by atoms with Gasteiger partial charge in [0.2, 0.25) is 0 Å². The van der Waals surface area contributed by atoms with E-state index < -0.39 is 9.05 Å². The van der Waals surface area contributed by atoms with Crippen LogP contribution in [0.25, 0.3) is 0 Å². The average molecular weight is 360 g/mol. The molecule has 1 rings (SSSR count). The number of halogens is 3. The lowest BCUT2D eigenvalue weighted by Crippen LogP contribution is -2.03. The van der Waals surface area contributed by atoms with E-state index in [4.69, 9.17) is 27.0 Å².